The van der Waals surface area contributed by atoms with Gasteiger partial charge in [0.2, 0.25) is 3.49 Å². The summed E-state index contributed by atoms with van der Waals surface area (Å²) in [6.45, 7) is 1.93. The Morgan fingerprint density at radius 3 is 2.15 bits per heavy atom. The maximum atomic E-state index is 13.2. The summed E-state index contributed by atoms with van der Waals surface area (Å²) < 4.78 is 11.2. The Morgan fingerprint density at radius 1 is 1.31 bits per heavy atom. The van der Waals surface area contributed by atoms with E-state index < -0.39 is 9.59 Å². The average Bonchev–Trinajstić information content (AvgIpc) is 2.03. The van der Waals surface area contributed by atoms with E-state index in [1.165, 1.54) is 0 Å². The molecule has 1 nitrogen and oxygen atoms in total. The Bertz CT molecular complexity index is 279. The molecule has 0 heterocycles. The van der Waals surface area contributed by atoms with E-state index in [4.69, 9.17) is 0 Å². The average molecular weight is 312 g/mol. The lowest BCUT2D eigenvalue weighted by Crippen LogP contribution is -2.16. The van der Waals surface area contributed by atoms with Gasteiger partial charge in [0.25, 0.3) is 0 Å². The smallest absolute Gasteiger partial charge is 0.248 e. The van der Waals surface area contributed by atoms with Crippen molar-refractivity contribution in [2.24, 2.45) is 0 Å². The second kappa shape index (κ2) is 4.07. The van der Waals surface area contributed by atoms with E-state index in [-0.39, 0.29) is 0 Å². The minimum absolute atomic E-state index is 0.529. The van der Waals surface area contributed by atoms with E-state index in [2.05, 4.69) is 31.9 Å². The number of hydrogen-bond donors (Lipinski definition) is 1. The molecule has 1 atom stereocenters. The number of alkyl halides is 3. The van der Waals surface area contributed by atoms with Crippen LogP contribution in [0.25, 0.3) is 0 Å². The van der Waals surface area contributed by atoms with E-state index >= 15 is 0 Å². The first-order chi connectivity index (χ1) is 5.91. The van der Waals surface area contributed by atoms with Crippen LogP contribution in [-0.4, -0.2) is 8.59 Å². The fourth-order valence-electron chi connectivity index (χ4n) is 0.938. The molecule has 0 aromatic heterocycles. The standard InChI is InChI=1S/C9H9Br2FO/c1-6-2-4-7(5-3-6)8(13)9(10,11)12/h2-5,8,13H,1H3. The highest BCUT2D eigenvalue weighted by Gasteiger charge is 2.32. The van der Waals surface area contributed by atoms with Crippen molar-refractivity contribution < 1.29 is 9.50 Å². The zero-order valence-electron chi connectivity index (χ0n) is 6.97. The molecule has 72 valence electrons. The van der Waals surface area contributed by atoms with Crippen molar-refractivity contribution in [2.45, 2.75) is 16.5 Å². The molecule has 13 heavy (non-hydrogen) atoms. The van der Waals surface area contributed by atoms with Gasteiger partial charge in [0.15, 0.2) is 0 Å². The van der Waals surface area contributed by atoms with E-state index in [9.17, 15) is 9.50 Å². The van der Waals surface area contributed by atoms with Crippen LogP contribution in [0.15, 0.2) is 24.3 Å². The third-order valence-corrected chi connectivity index (χ3v) is 2.57. The fourth-order valence-corrected chi connectivity index (χ4v) is 1.47. The predicted molar refractivity (Wildman–Crippen MR) is 57.8 cm³/mol. The zero-order valence-corrected chi connectivity index (χ0v) is 10.1. The first-order valence-electron chi connectivity index (χ1n) is 3.72. The monoisotopic (exact) mass is 310 g/mol. The molecule has 1 rings (SSSR count). The van der Waals surface area contributed by atoms with Gasteiger partial charge in [-0.15, -0.1) is 0 Å². The maximum absolute atomic E-state index is 13.2. The molecule has 1 unspecified atom stereocenters. The predicted octanol–water partition coefficient (Wildman–Crippen LogP) is 3.44. The van der Waals surface area contributed by atoms with Gasteiger partial charge in [0.1, 0.15) is 6.10 Å². The van der Waals surface area contributed by atoms with Gasteiger partial charge < -0.3 is 5.11 Å². The summed E-state index contributed by atoms with van der Waals surface area (Å²) in [5.74, 6) is 0. The largest absolute Gasteiger partial charge is 0.383 e. The Hall–Kier alpha value is 0.0700. The molecule has 0 amide bonds. The number of aryl methyl sites for hydroxylation is 1. The van der Waals surface area contributed by atoms with Crippen LogP contribution in [0.2, 0.25) is 0 Å². The molecule has 1 aromatic carbocycles. The summed E-state index contributed by atoms with van der Waals surface area (Å²) in [5.41, 5.74) is 1.60. The highest BCUT2D eigenvalue weighted by Crippen LogP contribution is 2.40. The second-order valence-electron chi connectivity index (χ2n) is 2.85. The third-order valence-electron chi connectivity index (χ3n) is 1.70. The van der Waals surface area contributed by atoms with Crippen LogP contribution in [-0.2, 0) is 0 Å². The van der Waals surface area contributed by atoms with Gasteiger partial charge in [-0.05, 0) is 44.3 Å². The lowest BCUT2D eigenvalue weighted by Gasteiger charge is -2.18. The Morgan fingerprint density at radius 2 is 1.77 bits per heavy atom. The van der Waals surface area contributed by atoms with E-state index in [0.717, 1.165) is 5.56 Å². The maximum Gasteiger partial charge on any atom is 0.248 e. The molecule has 0 spiro atoms. The van der Waals surface area contributed by atoms with E-state index in [0.29, 0.717) is 5.56 Å². The minimum Gasteiger partial charge on any atom is -0.383 e. The molecular weight excluding hydrogens is 303 g/mol. The SMILES string of the molecule is Cc1ccc(C(O)C(F)(Br)Br)cc1. The van der Waals surface area contributed by atoms with Crippen molar-refractivity contribution in [3.63, 3.8) is 0 Å². The summed E-state index contributed by atoms with van der Waals surface area (Å²) >= 11 is 5.40. The summed E-state index contributed by atoms with van der Waals surface area (Å²) in [7, 11) is 0. The van der Waals surface area contributed by atoms with Gasteiger partial charge in [0.05, 0.1) is 0 Å². The van der Waals surface area contributed by atoms with Gasteiger partial charge in [-0.25, -0.2) is 4.39 Å². The Balaban J connectivity index is 2.90. The van der Waals surface area contributed by atoms with Gasteiger partial charge in [0, 0.05) is 0 Å². The number of rotatable bonds is 2. The Labute approximate surface area is 93.2 Å². The topological polar surface area (TPSA) is 20.2 Å². The number of halogens is 3. The number of aliphatic hydroxyl groups excluding tert-OH is 1. The van der Waals surface area contributed by atoms with Crippen molar-refractivity contribution in [1.29, 1.82) is 0 Å². The van der Waals surface area contributed by atoms with Gasteiger partial charge >= 0.3 is 0 Å². The normalized spacial score (nSPS) is 14.2. The fraction of sp³-hybridized carbons (Fsp3) is 0.333. The van der Waals surface area contributed by atoms with Crippen molar-refractivity contribution in [1.82, 2.24) is 0 Å². The first-order valence-corrected chi connectivity index (χ1v) is 5.31. The molecule has 1 aromatic rings. The molecule has 4 heteroatoms. The van der Waals surface area contributed by atoms with Crippen molar-refractivity contribution >= 4 is 31.9 Å². The minimum atomic E-state index is -1.96. The number of benzene rings is 1. The summed E-state index contributed by atoms with van der Waals surface area (Å²) in [6, 6.07) is 7.03. The van der Waals surface area contributed by atoms with E-state index in [1.807, 2.05) is 19.1 Å². The Kier molecular flexibility index (Phi) is 3.49. The second-order valence-corrected chi connectivity index (χ2v) is 6.23. The molecule has 0 saturated carbocycles. The van der Waals surface area contributed by atoms with Crippen LogP contribution in [0.3, 0.4) is 0 Å². The third kappa shape index (κ3) is 3.04. The zero-order chi connectivity index (χ0) is 10.1. The van der Waals surface area contributed by atoms with Crippen LogP contribution < -0.4 is 0 Å². The molecule has 0 aliphatic heterocycles. The van der Waals surface area contributed by atoms with Gasteiger partial charge in [-0.3, -0.25) is 0 Å². The molecule has 0 aliphatic rings. The summed E-state index contributed by atoms with van der Waals surface area (Å²) in [5, 5.41) is 9.48. The molecular formula is C9H9Br2FO. The van der Waals surface area contributed by atoms with Crippen LogP contribution in [0.4, 0.5) is 4.39 Å². The molecule has 0 fully saturated rings. The van der Waals surface area contributed by atoms with Crippen molar-refractivity contribution in [3.05, 3.63) is 35.4 Å². The molecule has 0 radical (unpaired) electrons. The first kappa shape index (κ1) is 11.1. The van der Waals surface area contributed by atoms with E-state index in [1.54, 1.807) is 12.1 Å². The number of hydrogen-bond acceptors (Lipinski definition) is 1. The van der Waals surface area contributed by atoms with Gasteiger partial charge in [-0.1, -0.05) is 29.8 Å². The van der Waals surface area contributed by atoms with Crippen molar-refractivity contribution in [3.8, 4) is 0 Å². The molecule has 1 N–H and O–H groups in total. The molecule has 0 aliphatic carbocycles. The number of aliphatic hydroxyl groups is 1. The van der Waals surface area contributed by atoms with Crippen molar-refractivity contribution in [2.75, 3.05) is 0 Å². The van der Waals surface area contributed by atoms with Crippen LogP contribution in [0, 0.1) is 6.92 Å². The lowest BCUT2D eigenvalue weighted by atomic mass is 10.1. The lowest BCUT2D eigenvalue weighted by molar-refractivity contribution is 0.114. The van der Waals surface area contributed by atoms with Crippen LogP contribution in [0.5, 0.6) is 0 Å². The van der Waals surface area contributed by atoms with Gasteiger partial charge in [-0.2, -0.15) is 0 Å². The summed E-state index contributed by atoms with van der Waals surface area (Å²) in [4.78, 5) is 0. The molecule has 0 bridgehead atoms. The van der Waals surface area contributed by atoms with Crippen LogP contribution in [0.1, 0.15) is 17.2 Å². The highest BCUT2D eigenvalue weighted by molar-refractivity contribution is 9.25. The quantitative estimate of drug-likeness (QED) is 0.830. The van der Waals surface area contributed by atoms with Crippen LogP contribution >= 0.6 is 31.9 Å². The summed E-state index contributed by atoms with van der Waals surface area (Å²) in [6.07, 6.45) is -1.21. The molecule has 0 saturated heterocycles. The highest BCUT2D eigenvalue weighted by atomic mass is 79.9.